The van der Waals surface area contributed by atoms with Crippen LogP contribution in [-0.2, 0) is 13.1 Å². The zero-order chi connectivity index (χ0) is 23.8. The van der Waals surface area contributed by atoms with Gasteiger partial charge in [-0.05, 0) is 59.7 Å². The van der Waals surface area contributed by atoms with Crippen LogP contribution in [0.4, 0.5) is 0 Å². The average Bonchev–Trinajstić information content (AvgIpc) is 2.91. The van der Waals surface area contributed by atoms with E-state index in [4.69, 9.17) is 12.2 Å². The number of carbonyl (C=O) groups excluding carboxylic acids is 2. The molecule has 0 bridgehead atoms. The van der Waals surface area contributed by atoms with E-state index in [2.05, 4.69) is 9.97 Å². The lowest BCUT2D eigenvalue weighted by atomic mass is 10.1. The third-order valence-corrected chi connectivity index (χ3v) is 5.56. The topological polar surface area (TPSA) is 66.4 Å². The van der Waals surface area contributed by atoms with Gasteiger partial charge in [-0.15, -0.1) is 0 Å². The molecule has 0 saturated carbocycles. The van der Waals surface area contributed by atoms with Crippen molar-refractivity contribution < 1.29 is 9.59 Å². The molecule has 2 aromatic heterocycles. The number of aromatic nitrogens is 2. The molecule has 0 aliphatic rings. The van der Waals surface area contributed by atoms with E-state index in [1.165, 1.54) is 9.80 Å². The molecule has 6 nitrogen and oxygen atoms in total. The predicted molar refractivity (Wildman–Crippen MR) is 134 cm³/mol. The fourth-order valence-electron chi connectivity index (χ4n) is 3.42. The summed E-state index contributed by atoms with van der Waals surface area (Å²) in [7, 11) is 0. The van der Waals surface area contributed by atoms with Crippen molar-refractivity contribution >= 4 is 29.1 Å². The van der Waals surface area contributed by atoms with Crippen molar-refractivity contribution in [1.29, 1.82) is 0 Å². The Kier molecular flexibility index (Phi) is 7.47. The van der Waals surface area contributed by atoms with Crippen LogP contribution in [0.1, 0.15) is 31.8 Å². The van der Waals surface area contributed by atoms with Gasteiger partial charge in [0.2, 0.25) is 0 Å². The zero-order valence-electron chi connectivity index (χ0n) is 18.3. The van der Waals surface area contributed by atoms with Gasteiger partial charge in [0, 0.05) is 35.9 Å². The minimum atomic E-state index is -0.300. The minimum absolute atomic E-state index is 0.107. The molecule has 2 amide bonds. The van der Waals surface area contributed by atoms with E-state index < -0.39 is 0 Å². The summed E-state index contributed by atoms with van der Waals surface area (Å²) >= 11 is 5.82. The Hall–Kier alpha value is -4.23. The normalized spacial score (nSPS) is 10.4. The molecule has 0 aliphatic heterocycles. The lowest BCUT2D eigenvalue weighted by Crippen LogP contribution is -2.48. The molecular weight excluding hydrogens is 444 g/mol. The van der Waals surface area contributed by atoms with Gasteiger partial charge in [0.15, 0.2) is 5.11 Å². The number of benzene rings is 2. The van der Waals surface area contributed by atoms with Crippen molar-refractivity contribution in [2.45, 2.75) is 13.1 Å². The van der Waals surface area contributed by atoms with E-state index in [-0.39, 0.29) is 30.0 Å². The average molecular weight is 467 g/mol. The zero-order valence-corrected chi connectivity index (χ0v) is 19.1. The first kappa shape index (κ1) is 22.9. The van der Waals surface area contributed by atoms with E-state index in [9.17, 15) is 9.59 Å². The molecule has 7 heteroatoms. The van der Waals surface area contributed by atoms with Gasteiger partial charge in [-0.3, -0.25) is 29.4 Å². The number of pyridine rings is 2. The summed E-state index contributed by atoms with van der Waals surface area (Å²) < 4.78 is 0. The highest BCUT2D eigenvalue weighted by atomic mass is 32.1. The molecular formula is C27H22N4O2S. The fourth-order valence-corrected chi connectivity index (χ4v) is 3.71. The van der Waals surface area contributed by atoms with Crippen LogP contribution in [0.25, 0.3) is 0 Å². The molecule has 4 rings (SSSR count). The van der Waals surface area contributed by atoms with E-state index in [0.29, 0.717) is 11.1 Å². The Morgan fingerprint density at radius 2 is 1.03 bits per heavy atom. The number of hydrogen-bond acceptors (Lipinski definition) is 5. The highest BCUT2D eigenvalue weighted by Gasteiger charge is 2.29. The van der Waals surface area contributed by atoms with E-state index in [0.717, 1.165) is 11.1 Å². The Bertz CT molecular complexity index is 1150. The summed E-state index contributed by atoms with van der Waals surface area (Å²) in [6, 6.07) is 25.1. The minimum Gasteiger partial charge on any atom is -0.280 e. The van der Waals surface area contributed by atoms with Crippen molar-refractivity contribution in [2.24, 2.45) is 0 Å². The first-order valence-electron chi connectivity index (χ1n) is 10.7. The van der Waals surface area contributed by atoms with Crippen LogP contribution in [0.2, 0.25) is 0 Å². The van der Waals surface area contributed by atoms with Crippen LogP contribution >= 0.6 is 12.2 Å². The summed E-state index contributed by atoms with van der Waals surface area (Å²) in [5.41, 5.74) is 2.54. The Balaban J connectivity index is 1.73. The monoisotopic (exact) mass is 466 g/mol. The molecule has 34 heavy (non-hydrogen) atoms. The number of carbonyl (C=O) groups is 2. The highest BCUT2D eigenvalue weighted by Crippen LogP contribution is 2.17. The summed E-state index contributed by atoms with van der Waals surface area (Å²) in [5.74, 6) is -0.599. The summed E-state index contributed by atoms with van der Waals surface area (Å²) in [6.07, 6.45) is 6.69. The molecule has 4 aromatic rings. The molecule has 2 aromatic carbocycles. The maximum atomic E-state index is 13.6. The van der Waals surface area contributed by atoms with E-state index in [1.807, 2.05) is 24.3 Å². The quantitative estimate of drug-likeness (QED) is 0.384. The van der Waals surface area contributed by atoms with Gasteiger partial charge in [0.1, 0.15) is 0 Å². The van der Waals surface area contributed by atoms with E-state index >= 15 is 0 Å². The Morgan fingerprint density at radius 1 is 0.618 bits per heavy atom. The molecule has 168 valence electrons. The SMILES string of the molecule is O=C(c1ccccc1)N(Cc1cccnc1)C(=S)N(Cc1cccnc1)C(=O)c1ccccc1. The molecule has 0 saturated heterocycles. The second-order valence-electron chi connectivity index (χ2n) is 7.52. The standard InChI is InChI=1S/C27H22N4O2S/c32-25(23-11-3-1-4-12-23)30(19-21-9-7-15-28-17-21)27(34)31(20-22-10-8-16-29-18-22)26(33)24-13-5-2-6-14-24/h1-18H,19-20H2. The van der Waals surface area contributed by atoms with Crippen molar-refractivity contribution in [3.05, 3.63) is 132 Å². The molecule has 0 spiro atoms. The number of thiocarbonyl (C=S) groups is 1. The van der Waals surface area contributed by atoms with Crippen LogP contribution in [0.3, 0.4) is 0 Å². The first-order valence-corrected chi connectivity index (χ1v) is 11.1. The van der Waals surface area contributed by atoms with Crippen LogP contribution in [-0.4, -0.2) is 36.7 Å². The van der Waals surface area contributed by atoms with Gasteiger partial charge < -0.3 is 0 Å². The van der Waals surface area contributed by atoms with Crippen LogP contribution in [0, 0.1) is 0 Å². The molecule has 0 radical (unpaired) electrons. The predicted octanol–water partition coefficient (Wildman–Crippen LogP) is 4.75. The first-order chi connectivity index (χ1) is 16.6. The van der Waals surface area contributed by atoms with Gasteiger partial charge in [0.05, 0.1) is 13.1 Å². The third-order valence-electron chi connectivity index (χ3n) is 5.12. The number of rotatable bonds is 6. The molecule has 0 N–H and O–H groups in total. The van der Waals surface area contributed by atoms with Crippen LogP contribution in [0.15, 0.2) is 110 Å². The fraction of sp³-hybridized carbons (Fsp3) is 0.0741. The van der Waals surface area contributed by atoms with Gasteiger partial charge in [-0.1, -0.05) is 48.5 Å². The number of nitrogens with zero attached hydrogens (tertiary/aromatic N) is 4. The van der Waals surface area contributed by atoms with Crippen LogP contribution in [0.5, 0.6) is 0 Å². The second-order valence-corrected chi connectivity index (χ2v) is 7.88. The highest BCUT2D eigenvalue weighted by molar-refractivity contribution is 7.80. The largest absolute Gasteiger partial charge is 0.280 e. The van der Waals surface area contributed by atoms with Gasteiger partial charge >= 0.3 is 0 Å². The van der Waals surface area contributed by atoms with Crippen molar-refractivity contribution in [1.82, 2.24) is 19.8 Å². The van der Waals surface area contributed by atoms with Crippen molar-refractivity contribution in [2.75, 3.05) is 0 Å². The van der Waals surface area contributed by atoms with Crippen LogP contribution < -0.4 is 0 Å². The van der Waals surface area contributed by atoms with Gasteiger partial charge in [-0.25, -0.2) is 0 Å². The third kappa shape index (κ3) is 5.57. The van der Waals surface area contributed by atoms with Gasteiger partial charge in [-0.2, -0.15) is 0 Å². The molecule has 0 atom stereocenters. The van der Waals surface area contributed by atoms with E-state index in [1.54, 1.807) is 85.5 Å². The van der Waals surface area contributed by atoms with Crippen molar-refractivity contribution in [3.63, 3.8) is 0 Å². The Labute approximate surface area is 203 Å². The lowest BCUT2D eigenvalue weighted by Gasteiger charge is -2.31. The molecule has 0 unspecified atom stereocenters. The molecule has 2 heterocycles. The molecule has 0 fully saturated rings. The lowest BCUT2D eigenvalue weighted by molar-refractivity contribution is 0.0776. The summed E-state index contributed by atoms with van der Waals surface area (Å²) in [6.45, 7) is 0.345. The second kappa shape index (κ2) is 11.1. The number of amides is 2. The molecule has 0 aliphatic carbocycles. The smallest absolute Gasteiger partial charge is 0.260 e. The Morgan fingerprint density at radius 3 is 1.38 bits per heavy atom. The summed E-state index contributed by atoms with van der Waals surface area (Å²) in [5, 5.41) is 0.107. The maximum absolute atomic E-state index is 13.6. The van der Waals surface area contributed by atoms with Gasteiger partial charge in [0.25, 0.3) is 11.8 Å². The maximum Gasteiger partial charge on any atom is 0.260 e. The summed E-state index contributed by atoms with van der Waals surface area (Å²) in [4.78, 5) is 38.3. The number of hydrogen-bond donors (Lipinski definition) is 0. The van der Waals surface area contributed by atoms with Crippen molar-refractivity contribution in [3.8, 4) is 0 Å².